The van der Waals surface area contributed by atoms with Gasteiger partial charge in [-0.2, -0.15) is 0 Å². The zero-order valence-electron chi connectivity index (χ0n) is 23.0. The van der Waals surface area contributed by atoms with E-state index >= 15 is 0 Å². The Morgan fingerprint density at radius 1 is 1.28 bits per heavy atom. The predicted octanol–water partition coefficient (Wildman–Crippen LogP) is 2.99. The normalized spacial score (nSPS) is 25.1. The topological polar surface area (TPSA) is 168 Å². The highest BCUT2D eigenvalue weighted by Gasteiger charge is 2.45. The van der Waals surface area contributed by atoms with Crippen LogP contribution in [-0.2, 0) is 30.6 Å². The molecule has 11 heteroatoms. The Morgan fingerprint density at radius 2 is 2.03 bits per heavy atom. The number of fused-ring (bicyclic) bond motifs is 1. The van der Waals surface area contributed by atoms with Crippen LogP contribution in [0.4, 0.5) is 0 Å². The number of ether oxygens (including phenoxy) is 1. The quantitative estimate of drug-likeness (QED) is 0.199. The number of esters is 1. The van der Waals surface area contributed by atoms with Gasteiger partial charge < -0.3 is 24.6 Å². The number of hydrogen-bond donors (Lipinski definition) is 4. The van der Waals surface area contributed by atoms with Gasteiger partial charge in [-0.1, -0.05) is 32.0 Å². The molecule has 0 aromatic carbocycles. The van der Waals surface area contributed by atoms with E-state index in [0.29, 0.717) is 36.3 Å². The number of aromatic nitrogens is 1. The number of ketones is 1. The van der Waals surface area contributed by atoms with Crippen LogP contribution in [0.3, 0.4) is 0 Å². The molecule has 7 unspecified atom stereocenters. The zero-order valence-corrected chi connectivity index (χ0v) is 23.0. The number of carboxylic acids is 1. The van der Waals surface area contributed by atoms with E-state index in [-0.39, 0.29) is 49.0 Å². The van der Waals surface area contributed by atoms with E-state index in [0.717, 1.165) is 5.69 Å². The summed E-state index contributed by atoms with van der Waals surface area (Å²) >= 11 is 0. The second-order valence-electron chi connectivity index (χ2n) is 10.7. The number of aliphatic hydroxyl groups excluding tert-OH is 2. The lowest BCUT2D eigenvalue weighted by Crippen LogP contribution is -2.45. The van der Waals surface area contributed by atoms with Gasteiger partial charge in [0.15, 0.2) is 11.5 Å². The van der Waals surface area contributed by atoms with Crippen LogP contribution in [0, 0.1) is 30.6 Å². The highest BCUT2D eigenvalue weighted by molar-refractivity contribution is 5.94. The highest BCUT2D eigenvalue weighted by Crippen LogP contribution is 2.45. The number of aliphatic carboxylic acids is 1. The Hall–Kier alpha value is -3.02. The number of carbonyl (C=O) groups is 3. The van der Waals surface area contributed by atoms with Crippen molar-refractivity contribution in [3.63, 3.8) is 0 Å². The van der Waals surface area contributed by atoms with Crippen molar-refractivity contribution in [1.29, 1.82) is 0 Å². The van der Waals surface area contributed by atoms with Crippen LogP contribution in [0.15, 0.2) is 34.0 Å². The van der Waals surface area contributed by atoms with Gasteiger partial charge in [0.25, 0.3) is 0 Å². The van der Waals surface area contributed by atoms with Crippen LogP contribution in [0.2, 0.25) is 0 Å². The molecule has 0 saturated heterocycles. The third-order valence-electron chi connectivity index (χ3n) is 7.62. The summed E-state index contributed by atoms with van der Waals surface area (Å²) in [4.78, 5) is 42.3. The maximum atomic E-state index is 13.1. The number of hydroxylamine groups is 1. The number of aryl methyl sites for hydroxylation is 1. The minimum atomic E-state index is -1.17. The van der Waals surface area contributed by atoms with Crippen molar-refractivity contribution >= 4 is 17.7 Å². The number of aliphatic hydroxyl groups is 2. The molecule has 11 nitrogen and oxygen atoms in total. The van der Waals surface area contributed by atoms with Gasteiger partial charge in [-0.3, -0.25) is 24.7 Å². The fraction of sp³-hybridized carbons (Fsp3) is 0.643. The van der Waals surface area contributed by atoms with Crippen molar-refractivity contribution < 1.29 is 43.8 Å². The molecule has 0 radical (unpaired) electrons. The van der Waals surface area contributed by atoms with Crippen LogP contribution in [0.5, 0.6) is 0 Å². The number of hydrogen-bond acceptors (Lipinski definition) is 10. The second kappa shape index (κ2) is 13.9. The lowest BCUT2D eigenvalue weighted by molar-refractivity contribution is -0.157. The molecule has 2 aliphatic rings. The first-order chi connectivity index (χ1) is 18.5. The molecule has 216 valence electrons. The second-order valence-corrected chi connectivity index (χ2v) is 10.7. The van der Waals surface area contributed by atoms with Gasteiger partial charge in [-0.05, 0) is 50.2 Å². The monoisotopic (exact) mass is 548 g/mol. The van der Waals surface area contributed by atoms with Gasteiger partial charge in [0, 0.05) is 24.3 Å². The molecule has 3 rings (SSSR count). The minimum absolute atomic E-state index is 0.0806. The number of carboxylic acid groups (broad SMARTS) is 1. The number of allylic oxidation sites excluding steroid dienone is 2. The van der Waals surface area contributed by atoms with Crippen molar-refractivity contribution in [2.45, 2.75) is 91.1 Å². The highest BCUT2D eigenvalue weighted by atomic mass is 16.7. The van der Waals surface area contributed by atoms with E-state index in [1.54, 1.807) is 19.1 Å². The van der Waals surface area contributed by atoms with E-state index in [9.17, 15) is 24.6 Å². The van der Waals surface area contributed by atoms with Gasteiger partial charge in [0.1, 0.15) is 12.7 Å². The lowest BCUT2D eigenvalue weighted by atomic mass is 9.64. The van der Waals surface area contributed by atoms with Gasteiger partial charge in [0.2, 0.25) is 0 Å². The molecule has 4 N–H and O–H groups in total. The standard InChI is InChI=1S/C28H40N2O9/c1-5-15(2)28(36)38-25-9-8-23(30-37-14-20-10-16(3)29-39-20)22-13-24(33)17(4)21(27(22)25)7-6-18(31)11-19(32)12-26(34)35/h8,10,13,15,17-19,21,25,27,30-32H,5-7,9,11-12,14H2,1-4H3,(H,34,35). The SMILES string of the molecule is CCC(C)C(=O)OC1CC=C(NOCc2cc(C)no2)C2=CC(=O)C(C)C(CCC(O)CC(O)CC(=O)O)C21. The molecular weight excluding hydrogens is 508 g/mol. The summed E-state index contributed by atoms with van der Waals surface area (Å²) in [6.45, 7) is 7.47. The fourth-order valence-electron chi connectivity index (χ4n) is 5.22. The predicted molar refractivity (Wildman–Crippen MR) is 139 cm³/mol. The average molecular weight is 549 g/mol. The summed E-state index contributed by atoms with van der Waals surface area (Å²) in [6.07, 6.45) is 1.99. The molecule has 0 spiro atoms. The van der Waals surface area contributed by atoms with Crippen LogP contribution in [-0.4, -0.2) is 56.5 Å². The first kappa shape index (κ1) is 30.5. The molecule has 1 aromatic heterocycles. The third kappa shape index (κ3) is 8.23. The summed E-state index contributed by atoms with van der Waals surface area (Å²) in [6, 6.07) is 1.75. The van der Waals surface area contributed by atoms with E-state index in [4.69, 9.17) is 19.2 Å². The summed E-state index contributed by atoms with van der Waals surface area (Å²) in [5.74, 6) is -2.25. The molecule has 7 atom stereocenters. The molecular formula is C28H40N2O9. The van der Waals surface area contributed by atoms with Crippen molar-refractivity contribution in [2.75, 3.05) is 0 Å². The largest absolute Gasteiger partial charge is 0.481 e. The molecule has 1 aromatic rings. The van der Waals surface area contributed by atoms with E-state index in [1.807, 2.05) is 26.8 Å². The third-order valence-corrected chi connectivity index (χ3v) is 7.62. The van der Waals surface area contributed by atoms with E-state index < -0.39 is 36.6 Å². The molecule has 0 amide bonds. The van der Waals surface area contributed by atoms with Crippen LogP contribution in [0.1, 0.15) is 70.8 Å². The minimum Gasteiger partial charge on any atom is -0.481 e. The van der Waals surface area contributed by atoms with Crippen molar-refractivity contribution in [1.82, 2.24) is 10.6 Å². The van der Waals surface area contributed by atoms with Crippen LogP contribution >= 0.6 is 0 Å². The summed E-state index contributed by atoms with van der Waals surface area (Å²) in [7, 11) is 0. The first-order valence-corrected chi connectivity index (χ1v) is 13.5. The Balaban J connectivity index is 1.79. The van der Waals surface area contributed by atoms with Gasteiger partial charge in [-0.25, -0.2) is 0 Å². The van der Waals surface area contributed by atoms with Gasteiger partial charge >= 0.3 is 11.9 Å². The molecule has 1 heterocycles. The maximum absolute atomic E-state index is 13.1. The van der Waals surface area contributed by atoms with Gasteiger partial charge in [0.05, 0.1) is 35.9 Å². The summed E-state index contributed by atoms with van der Waals surface area (Å²) in [5, 5.41) is 33.1. The Kier molecular flexibility index (Phi) is 10.8. The van der Waals surface area contributed by atoms with Crippen LogP contribution in [0.25, 0.3) is 0 Å². The van der Waals surface area contributed by atoms with E-state index in [1.165, 1.54) is 0 Å². The Bertz CT molecular complexity index is 1080. The zero-order chi connectivity index (χ0) is 28.7. The summed E-state index contributed by atoms with van der Waals surface area (Å²) < 4.78 is 11.1. The molecule has 0 aliphatic heterocycles. The van der Waals surface area contributed by atoms with Crippen LogP contribution < -0.4 is 5.48 Å². The van der Waals surface area contributed by atoms with Gasteiger partial charge in [-0.15, -0.1) is 0 Å². The Morgan fingerprint density at radius 3 is 2.67 bits per heavy atom. The molecule has 0 saturated carbocycles. The lowest BCUT2D eigenvalue weighted by Gasteiger charge is -2.43. The number of carbonyl (C=O) groups excluding carboxylic acids is 2. The smallest absolute Gasteiger partial charge is 0.308 e. The number of nitrogens with one attached hydrogen (secondary N) is 1. The number of rotatable bonds is 14. The molecule has 2 aliphatic carbocycles. The first-order valence-electron chi connectivity index (χ1n) is 13.5. The van der Waals surface area contributed by atoms with Crippen molar-refractivity contribution in [2.24, 2.45) is 23.7 Å². The fourth-order valence-corrected chi connectivity index (χ4v) is 5.22. The maximum Gasteiger partial charge on any atom is 0.308 e. The Labute approximate surface area is 228 Å². The molecule has 0 bridgehead atoms. The molecule has 0 fully saturated rings. The van der Waals surface area contributed by atoms with Crippen molar-refractivity contribution in [3.8, 4) is 0 Å². The van der Waals surface area contributed by atoms with Crippen molar-refractivity contribution in [3.05, 3.63) is 40.9 Å². The molecule has 39 heavy (non-hydrogen) atoms. The average Bonchev–Trinajstić information content (AvgIpc) is 3.29. The number of nitrogens with zero attached hydrogens (tertiary/aromatic N) is 1. The van der Waals surface area contributed by atoms with E-state index in [2.05, 4.69) is 10.6 Å². The summed E-state index contributed by atoms with van der Waals surface area (Å²) in [5.41, 5.74) is 4.93.